The van der Waals surface area contributed by atoms with Crippen LogP contribution in [0.25, 0.3) is 0 Å². The van der Waals surface area contributed by atoms with Crippen LogP contribution in [-0.4, -0.2) is 27.4 Å². The van der Waals surface area contributed by atoms with Crippen LogP contribution in [0.3, 0.4) is 0 Å². The van der Waals surface area contributed by atoms with Crippen LogP contribution in [0.2, 0.25) is 0 Å². The second kappa shape index (κ2) is 7.95. The third kappa shape index (κ3) is 4.20. The zero-order chi connectivity index (χ0) is 13.4. The Morgan fingerprint density at radius 2 is 2.00 bits per heavy atom. The van der Waals surface area contributed by atoms with Crippen LogP contribution in [0, 0.1) is 0 Å². The molecule has 0 aliphatic heterocycles. The minimum Gasteiger partial charge on any atom is -0.497 e. The monoisotopic (exact) mass is 253 g/mol. The highest BCUT2D eigenvalue weighted by molar-refractivity contribution is 5.42. The zero-order valence-corrected chi connectivity index (χ0v) is 11.4. The van der Waals surface area contributed by atoms with E-state index in [1.807, 2.05) is 25.1 Å². The lowest BCUT2D eigenvalue weighted by Gasteiger charge is -2.16. The van der Waals surface area contributed by atoms with Crippen molar-refractivity contribution in [2.75, 3.05) is 27.4 Å². The van der Waals surface area contributed by atoms with Crippen molar-refractivity contribution in [1.82, 2.24) is 0 Å². The van der Waals surface area contributed by atoms with E-state index in [1.165, 1.54) is 0 Å². The van der Waals surface area contributed by atoms with Crippen molar-refractivity contribution < 1.29 is 14.2 Å². The summed E-state index contributed by atoms with van der Waals surface area (Å²) in [7, 11) is 3.28. The third-order valence-electron chi connectivity index (χ3n) is 2.85. The summed E-state index contributed by atoms with van der Waals surface area (Å²) in [5.41, 5.74) is 7.18. The second-order valence-electron chi connectivity index (χ2n) is 4.05. The van der Waals surface area contributed by atoms with Crippen LogP contribution in [0.1, 0.15) is 31.4 Å². The highest BCUT2D eigenvalue weighted by Gasteiger charge is 2.12. The molecule has 0 heterocycles. The summed E-state index contributed by atoms with van der Waals surface area (Å²) in [6, 6.07) is 5.69. The van der Waals surface area contributed by atoms with Gasteiger partial charge in [0.1, 0.15) is 11.5 Å². The van der Waals surface area contributed by atoms with Gasteiger partial charge in [0.05, 0.1) is 14.2 Å². The molecule has 0 radical (unpaired) electrons. The van der Waals surface area contributed by atoms with E-state index in [0.29, 0.717) is 0 Å². The van der Waals surface area contributed by atoms with Crippen LogP contribution in [0.15, 0.2) is 18.2 Å². The Morgan fingerprint density at radius 3 is 2.61 bits per heavy atom. The van der Waals surface area contributed by atoms with Gasteiger partial charge in [-0.05, 0) is 25.8 Å². The molecule has 0 saturated heterocycles. The van der Waals surface area contributed by atoms with Crippen molar-refractivity contribution in [3.63, 3.8) is 0 Å². The van der Waals surface area contributed by atoms with Gasteiger partial charge in [-0.2, -0.15) is 0 Å². The van der Waals surface area contributed by atoms with Crippen molar-refractivity contribution in [2.24, 2.45) is 5.73 Å². The molecule has 2 N–H and O–H groups in total. The van der Waals surface area contributed by atoms with E-state index in [2.05, 4.69) is 0 Å². The summed E-state index contributed by atoms with van der Waals surface area (Å²) in [6.45, 7) is 3.50. The van der Waals surface area contributed by atoms with Crippen LogP contribution >= 0.6 is 0 Å². The number of rotatable bonds is 8. The normalized spacial score (nSPS) is 12.2. The highest BCUT2D eigenvalue weighted by Crippen LogP contribution is 2.30. The van der Waals surface area contributed by atoms with E-state index >= 15 is 0 Å². The summed E-state index contributed by atoms with van der Waals surface area (Å²) in [6.07, 6.45) is 1.83. The van der Waals surface area contributed by atoms with E-state index in [-0.39, 0.29) is 6.04 Å². The fraction of sp³-hybridized carbons (Fsp3) is 0.571. The Balaban J connectivity index is 2.63. The molecule has 0 aliphatic carbocycles. The lowest BCUT2D eigenvalue weighted by molar-refractivity contribution is 0.142. The molecule has 0 aliphatic rings. The molecule has 1 unspecified atom stereocenters. The predicted molar refractivity (Wildman–Crippen MR) is 72.2 cm³/mol. The molecule has 1 rings (SSSR count). The number of nitrogens with two attached hydrogens (primary N) is 1. The van der Waals surface area contributed by atoms with Gasteiger partial charge in [-0.3, -0.25) is 0 Å². The highest BCUT2D eigenvalue weighted by atomic mass is 16.5. The molecule has 0 fully saturated rings. The Labute approximate surface area is 109 Å². The maximum absolute atomic E-state index is 6.17. The number of hydrogen-bond acceptors (Lipinski definition) is 4. The first kappa shape index (κ1) is 14.8. The quantitative estimate of drug-likeness (QED) is 0.723. The molecule has 0 spiro atoms. The number of benzene rings is 1. The summed E-state index contributed by atoms with van der Waals surface area (Å²) in [5, 5.41) is 0. The van der Waals surface area contributed by atoms with Gasteiger partial charge in [-0.1, -0.05) is 6.07 Å². The molecule has 0 aromatic heterocycles. The third-order valence-corrected chi connectivity index (χ3v) is 2.85. The van der Waals surface area contributed by atoms with Crippen molar-refractivity contribution in [1.29, 1.82) is 0 Å². The Kier molecular flexibility index (Phi) is 6.54. The van der Waals surface area contributed by atoms with E-state index in [9.17, 15) is 0 Å². The second-order valence-corrected chi connectivity index (χ2v) is 4.05. The van der Waals surface area contributed by atoms with Crippen molar-refractivity contribution in [2.45, 2.75) is 25.8 Å². The minimum absolute atomic E-state index is 0.0358. The molecule has 102 valence electrons. The molecule has 0 bridgehead atoms. The fourth-order valence-electron chi connectivity index (χ4n) is 1.83. The van der Waals surface area contributed by atoms with Gasteiger partial charge in [0, 0.05) is 30.9 Å². The average molecular weight is 253 g/mol. The predicted octanol–water partition coefficient (Wildman–Crippen LogP) is 2.52. The van der Waals surface area contributed by atoms with Crippen LogP contribution < -0.4 is 15.2 Å². The first-order chi connectivity index (χ1) is 8.72. The van der Waals surface area contributed by atoms with Gasteiger partial charge in [-0.25, -0.2) is 0 Å². The Hall–Kier alpha value is -1.26. The molecule has 0 saturated carbocycles. The summed E-state index contributed by atoms with van der Waals surface area (Å²) in [4.78, 5) is 0. The van der Waals surface area contributed by atoms with Gasteiger partial charge in [-0.15, -0.1) is 0 Å². The summed E-state index contributed by atoms with van der Waals surface area (Å²) >= 11 is 0. The first-order valence-electron chi connectivity index (χ1n) is 6.28. The topological polar surface area (TPSA) is 53.7 Å². The standard InChI is InChI=1S/C14H23NO3/c1-4-18-9-5-6-13(15)12-8-7-11(16-2)10-14(12)17-3/h7-8,10,13H,4-6,9,15H2,1-3H3. The number of ether oxygens (including phenoxy) is 3. The molecule has 1 atom stereocenters. The molecule has 0 amide bonds. The smallest absolute Gasteiger partial charge is 0.127 e. The number of hydrogen-bond donors (Lipinski definition) is 1. The minimum atomic E-state index is -0.0358. The molecule has 1 aromatic rings. The lowest BCUT2D eigenvalue weighted by atomic mass is 10.0. The Morgan fingerprint density at radius 1 is 1.22 bits per heavy atom. The van der Waals surface area contributed by atoms with E-state index in [1.54, 1.807) is 14.2 Å². The van der Waals surface area contributed by atoms with Gasteiger partial charge >= 0.3 is 0 Å². The van der Waals surface area contributed by atoms with Crippen LogP contribution in [0.5, 0.6) is 11.5 Å². The summed E-state index contributed by atoms with van der Waals surface area (Å²) in [5.74, 6) is 1.55. The molecular formula is C14H23NO3. The molecule has 1 aromatic carbocycles. The summed E-state index contributed by atoms with van der Waals surface area (Å²) < 4.78 is 15.8. The van der Waals surface area contributed by atoms with E-state index < -0.39 is 0 Å². The first-order valence-corrected chi connectivity index (χ1v) is 6.28. The van der Waals surface area contributed by atoms with E-state index in [4.69, 9.17) is 19.9 Å². The van der Waals surface area contributed by atoms with Crippen molar-refractivity contribution >= 4 is 0 Å². The van der Waals surface area contributed by atoms with E-state index in [0.717, 1.165) is 43.1 Å². The van der Waals surface area contributed by atoms with Gasteiger partial charge in [0.15, 0.2) is 0 Å². The molecular weight excluding hydrogens is 230 g/mol. The van der Waals surface area contributed by atoms with Gasteiger partial charge in [0.2, 0.25) is 0 Å². The lowest BCUT2D eigenvalue weighted by Crippen LogP contribution is -2.12. The van der Waals surface area contributed by atoms with Crippen LogP contribution in [0.4, 0.5) is 0 Å². The number of methoxy groups -OCH3 is 2. The van der Waals surface area contributed by atoms with Crippen molar-refractivity contribution in [3.05, 3.63) is 23.8 Å². The van der Waals surface area contributed by atoms with Crippen molar-refractivity contribution in [3.8, 4) is 11.5 Å². The maximum Gasteiger partial charge on any atom is 0.127 e. The molecule has 4 heteroatoms. The van der Waals surface area contributed by atoms with Gasteiger partial charge < -0.3 is 19.9 Å². The molecule has 4 nitrogen and oxygen atoms in total. The SMILES string of the molecule is CCOCCCC(N)c1ccc(OC)cc1OC. The Bertz CT molecular complexity index is 355. The largest absolute Gasteiger partial charge is 0.497 e. The zero-order valence-electron chi connectivity index (χ0n) is 11.4. The maximum atomic E-state index is 6.17. The van der Waals surface area contributed by atoms with Gasteiger partial charge in [0.25, 0.3) is 0 Å². The fourth-order valence-corrected chi connectivity index (χ4v) is 1.83. The van der Waals surface area contributed by atoms with Crippen LogP contribution in [-0.2, 0) is 4.74 Å². The molecule has 18 heavy (non-hydrogen) atoms. The average Bonchev–Trinajstić information content (AvgIpc) is 2.42.